The summed E-state index contributed by atoms with van der Waals surface area (Å²) in [5.41, 5.74) is 0. The summed E-state index contributed by atoms with van der Waals surface area (Å²) in [5, 5.41) is 0. The Bertz CT molecular complexity index is 112. The molecule has 0 fully saturated rings. The van der Waals surface area contributed by atoms with E-state index in [-0.39, 0.29) is 51.7 Å². The molecule has 0 N–H and O–H groups in total. The van der Waals surface area contributed by atoms with Crippen LogP contribution in [0.25, 0.3) is 0 Å². The van der Waals surface area contributed by atoms with E-state index in [0.717, 1.165) is 0 Å². The Morgan fingerprint density at radius 1 is 0.562 bits per heavy atom. The summed E-state index contributed by atoms with van der Waals surface area (Å²) in [5.74, 6) is 0. The van der Waals surface area contributed by atoms with Crippen molar-refractivity contribution in [3.05, 3.63) is 0 Å². The van der Waals surface area contributed by atoms with Crippen LogP contribution in [-0.4, -0.2) is 116 Å². The molecule has 0 unspecified atom stereocenters. The zero-order chi connectivity index (χ0) is 11.2. The van der Waals surface area contributed by atoms with Gasteiger partial charge in [-0.2, -0.15) is 0 Å². The van der Waals surface area contributed by atoms with Crippen molar-refractivity contribution in [2.45, 2.75) is 0 Å². The SMILES string of the molecule is COCCOCCOCCOCCOC.[Ba+2].[H-].[H-]. The average Bonchev–Trinajstić information content (AvgIpc) is 2.26. The Balaban J connectivity index is -0.000000327. The molecule has 5 nitrogen and oxygen atoms in total. The van der Waals surface area contributed by atoms with E-state index in [1.165, 1.54) is 0 Å². The largest absolute Gasteiger partial charge is 2.00 e. The standard InChI is InChI=1S/C10H22O5.Ba.2H/c1-11-3-5-13-7-9-15-10-8-14-6-4-12-2;;;/h3-10H2,1-2H3;;;/q;+2;2*-1. The number of hydrogen-bond acceptors (Lipinski definition) is 5. The minimum atomic E-state index is 0. The van der Waals surface area contributed by atoms with E-state index in [1.54, 1.807) is 14.2 Å². The summed E-state index contributed by atoms with van der Waals surface area (Å²) in [6, 6.07) is 0. The van der Waals surface area contributed by atoms with Crippen LogP contribution in [-0.2, 0) is 23.7 Å². The van der Waals surface area contributed by atoms with Gasteiger partial charge in [-0.1, -0.05) is 0 Å². The fraction of sp³-hybridized carbons (Fsp3) is 1.00. The van der Waals surface area contributed by atoms with Crippen LogP contribution in [0.4, 0.5) is 0 Å². The van der Waals surface area contributed by atoms with Crippen LogP contribution >= 0.6 is 0 Å². The quantitative estimate of drug-likeness (QED) is 0.366. The molecule has 0 aromatic carbocycles. The molecule has 6 heteroatoms. The molecule has 0 saturated carbocycles. The van der Waals surface area contributed by atoms with Gasteiger partial charge in [-0.25, -0.2) is 0 Å². The molecule has 0 aliphatic heterocycles. The Labute approximate surface area is 141 Å². The van der Waals surface area contributed by atoms with Crippen LogP contribution in [0.5, 0.6) is 0 Å². The van der Waals surface area contributed by atoms with Crippen molar-refractivity contribution in [2.75, 3.05) is 67.1 Å². The zero-order valence-electron chi connectivity index (χ0n) is 12.4. The van der Waals surface area contributed by atoms with E-state index in [2.05, 4.69) is 0 Å². The molecule has 0 heterocycles. The smallest absolute Gasteiger partial charge is 1.00 e. The molecule has 0 saturated heterocycles. The molecule has 0 aliphatic rings. The van der Waals surface area contributed by atoms with Crippen molar-refractivity contribution < 1.29 is 26.5 Å². The predicted octanol–water partition coefficient (Wildman–Crippen LogP) is 0.173. The second-order valence-corrected chi connectivity index (χ2v) is 2.82. The predicted molar refractivity (Wildman–Crippen MR) is 64.2 cm³/mol. The third kappa shape index (κ3) is 17.8. The first kappa shape index (κ1) is 19.7. The topological polar surface area (TPSA) is 46.2 Å². The maximum atomic E-state index is 5.26. The van der Waals surface area contributed by atoms with Crippen LogP contribution in [0.15, 0.2) is 0 Å². The first-order valence-electron chi connectivity index (χ1n) is 5.13. The molecule has 0 aliphatic carbocycles. The molecular formula is C10H24BaO5. The molecule has 0 aromatic heterocycles. The molecule has 0 amide bonds. The average molecular weight is 362 g/mol. The van der Waals surface area contributed by atoms with Crippen molar-refractivity contribution in [1.82, 2.24) is 0 Å². The fourth-order valence-electron chi connectivity index (χ4n) is 0.826. The van der Waals surface area contributed by atoms with Gasteiger partial charge < -0.3 is 26.5 Å². The second kappa shape index (κ2) is 18.7. The summed E-state index contributed by atoms with van der Waals surface area (Å²) in [6.45, 7) is 4.87. The maximum absolute atomic E-state index is 5.26. The number of hydrogen-bond donors (Lipinski definition) is 0. The van der Waals surface area contributed by atoms with Crippen molar-refractivity contribution in [2.24, 2.45) is 0 Å². The van der Waals surface area contributed by atoms with Crippen LogP contribution in [0.3, 0.4) is 0 Å². The fourth-order valence-corrected chi connectivity index (χ4v) is 0.826. The van der Waals surface area contributed by atoms with Gasteiger partial charge in [0.15, 0.2) is 0 Å². The van der Waals surface area contributed by atoms with Gasteiger partial charge in [0.05, 0.1) is 52.9 Å². The Morgan fingerprint density at radius 3 is 1.06 bits per heavy atom. The summed E-state index contributed by atoms with van der Waals surface area (Å²) in [7, 11) is 3.30. The first-order valence-corrected chi connectivity index (χ1v) is 5.13. The normalized spacial score (nSPS) is 10.1. The van der Waals surface area contributed by atoms with E-state index in [0.29, 0.717) is 52.9 Å². The first-order chi connectivity index (χ1) is 7.41. The van der Waals surface area contributed by atoms with Crippen LogP contribution in [0.2, 0.25) is 0 Å². The third-order valence-corrected chi connectivity index (χ3v) is 1.61. The molecule has 0 bridgehead atoms. The van der Waals surface area contributed by atoms with Gasteiger partial charge in [0.1, 0.15) is 0 Å². The van der Waals surface area contributed by atoms with E-state index in [1.807, 2.05) is 0 Å². The van der Waals surface area contributed by atoms with Crippen molar-refractivity contribution in [3.63, 3.8) is 0 Å². The van der Waals surface area contributed by atoms with E-state index < -0.39 is 0 Å². The summed E-state index contributed by atoms with van der Waals surface area (Å²) < 4.78 is 25.3. The second-order valence-electron chi connectivity index (χ2n) is 2.82. The molecule has 16 heavy (non-hydrogen) atoms. The number of methoxy groups -OCH3 is 2. The van der Waals surface area contributed by atoms with Gasteiger partial charge in [0.25, 0.3) is 0 Å². The Hall–Kier alpha value is 1.37. The summed E-state index contributed by atoms with van der Waals surface area (Å²) in [6.07, 6.45) is 0. The van der Waals surface area contributed by atoms with Gasteiger partial charge >= 0.3 is 48.9 Å². The monoisotopic (exact) mass is 362 g/mol. The van der Waals surface area contributed by atoms with Gasteiger partial charge in [-0.15, -0.1) is 0 Å². The van der Waals surface area contributed by atoms with Gasteiger partial charge in [0, 0.05) is 14.2 Å². The van der Waals surface area contributed by atoms with Gasteiger partial charge in [-0.3, -0.25) is 0 Å². The molecule has 0 rings (SSSR count). The van der Waals surface area contributed by atoms with Crippen LogP contribution < -0.4 is 0 Å². The molecule has 0 spiro atoms. The minimum absolute atomic E-state index is 0. The van der Waals surface area contributed by atoms with E-state index in [9.17, 15) is 0 Å². The maximum Gasteiger partial charge on any atom is 2.00 e. The van der Waals surface area contributed by atoms with Crippen LogP contribution in [0.1, 0.15) is 2.85 Å². The molecule has 96 valence electrons. The molecule has 0 atom stereocenters. The molecule has 0 aromatic rings. The Morgan fingerprint density at radius 2 is 0.812 bits per heavy atom. The zero-order valence-corrected chi connectivity index (χ0v) is 14.8. The summed E-state index contributed by atoms with van der Waals surface area (Å²) in [4.78, 5) is 0. The van der Waals surface area contributed by atoms with Gasteiger partial charge in [0.2, 0.25) is 0 Å². The summed E-state index contributed by atoms with van der Waals surface area (Å²) >= 11 is 0. The Kier molecular flexibility index (Phi) is 23.1. The van der Waals surface area contributed by atoms with E-state index >= 15 is 0 Å². The van der Waals surface area contributed by atoms with Gasteiger partial charge in [-0.05, 0) is 0 Å². The molecule has 0 radical (unpaired) electrons. The van der Waals surface area contributed by atoms with Crippen molar-refractivity contribution >= 4 is 48.9 Å². The van der Waals surface area contributed by atoms with Crippen molar-refractivity contribution in [1.29, 1.82) is 0 Å². The number of ether oxygens (including phenoxy) is 5. The van der Waals surface area contributed by atoms with Crippen molar-refractivity contribution in [3.8, 4) is 0 Å². The third-order valence-electron chi connectivity index (χ3n) is 1.61. The van der Waals surface area contributed by atoms with Crippen LogP contribution in [0, 0.1) is 0 Å². The molecular weight excluding hydrogens is 337 g/mol. The minimum Gasteiger partial charge on any atom is -1.00 e. The number of rotatable bonds is 12. The van der Waals surface area contributed by atoms with E-state index in [4.69, 9.17) is 23.7 Å².